The van der Waals surface area contributed by atoms with Crippen molar-refractivity contribution < 1.29 is 22.8 Å². The summed E-state index contributed by atoms with van der Waals surface area (Å²) in [5.74, 6) is -1.06. The van der Waals surface area contributed by atoms with Gasteiger partial charge in [-0.3, -0.25) is 14.9 Å². The zero-order valence-electron chi connectivity index (χ0n) is 16.5. The van der Waals surface area contributed by atoms with Crippen LogP contribution in [0.1, 0.15) is 69.1 Å². The molecule has 2 saturated heterocycles. The number of hydrogen-bond acceptors (Lipinski definition) is 3. The average molecular weight is 396 g/mol. The van der Waals surface area contributed by atoms with Crippen LogP contribution in [-0.4, -0.2) is 35.8 Å². The number of carbonyl (C=O) groups excluding carboxylic acids is 2. The molecule has 2 amide bonds. The second-order valence-electron chi connectivity index (χ2n) is 8.41. The maximum absolute atomic E-state index is 13.9. The number of rotatable bonds is 3. The maximum Gasteiger partial charge on any atom is 0.416 e. The van der Waals surface area contributed by atoms with E-state index >= 15 is 0 Å². The lowest BCUT2D eigenvalue weighted by Gasteiger charge is -2.36. The van der Waals surface area contributed by atoms with E-state index in [0.717, 1.165) is 19.2 Å². The molecule has 7 heteroatoms. The van der Waals surface area contributed by atoms with Crippen LogP contribution in [0.5, 0.6) is 0 Å². The van der Waals surface area contributed by atoms with Crippen LogP contribution >= 0.6 is 0 Å². The van der Waals surface area contributed by atoms with Crippen LogP contribution in [0.3, 0.4) is 0 Å². The Kier molecular flexibility index (Phi) is 5.58. The van der Waals surface area contributed by atoms with Gasteiger partial charge >= 0.3 is 6.18 Å². The number of carbonyl (C=O) groups is 2. The van der Waals surface area contributed by atoms with Gasteiger partial charge in [0.2, 0.25) is 11.8 Å². The molecule has 0 spiro atoms. The molecule has 2 heterocycles. The summed E-state index contributed by atoms with van der Waals surface area (Å²) in [6.07, 6.45) is -2.78. The smallest absolute Gasteiger partial charge is 0.301 e. The van der Waals surface area contributed by atoms with Gasteiger partial charge in [-0.1, -0.05) is 12.1 Å². The van der Waals surface area contributed by atoms with Crippen LogP contribution in [0.2, 0.25) is 0 Å². The molecule has 0 unspecified atom stereocenters. The first kappa shape index (κ1) is 20.8. The highest BCUT2D eigenvalue weighted by Gasteiger charge is 2.43. The van der Waals surface area contributed by atoms with E-state index in [2.05, 4.69) is 24.1 Å². The number of amides is 2. The van der Waals surface area contributed by atoms with E-state index in [0.29, 0.717) is 30.0 Å². The van der Waals surface area contributed by atoms with Gasteiger partial charge in [0.15, 0.2) is 0 Å². The minimum Gasteiger partial charge on any atom is -0.301 e. The predicted molar refractivity (Wildman–Crippen MR) is 99.9 cm³/mol. The van der Waals surface area contributed by atoms with Gasteiger partial charge in [0.1, 0.15) is 0 Å². The second-order valence-corrected chi connectivity index (χ2v) is 8.41. The number of hydrogen-bond donors (Lipinski definition) is 1. The molecule has 1 N–H and O–H groups in total. The van der Waals surface area contributed by atoms with Crippen molar-refractivity contribution in [3.8, 4) is 0 Å². The summed E-state index contributed by atoms with van der Waals surface area (Å²) in [5.41, 5.74) is -1.16. The van der Waals surface area contributed by atoms with Crippen LogP contribution in [-0.2, 0) is 21.2 Å². The van der Waals surface area contributed by atoms with E-state index in [9.17, 15) is 22.8 Å². The summed E-state index contributed by atoms with van der Waals surface area (Å²) in [6, 6.07) is 4.69. The maximum atomic E-state index is 13.9. The first-order valence-corrected chi connectivity index (χ1v) is 9.82. The van der Waals surface area contributed by atoms with E-state index in [4.69, 9.17) is 0 Å². The number of nitrogens with one attached hydrogen (secondary N) is 1. The molecule has 1 atom stereocenters. The second kappa shape index (κ2) is 7.50. The monoisotopic (exact) mass is 396 g/mol. The SMILES string of the molecule is CC(C)N1CCC(c2ccc([C@]3(C)CCC(=O)NC3=O)cc2C(F)(F)F)CC1. The van der Waals surface area contributed by atoms with Crippen molar-refractivity contribution in [1.29, 1.82) is 0 Å². The van der Waals surface area contributed by atoms with Crippen LogP contribution in [0.15, 0.2) is 18.2 Å². The molecule has 0 bridgehead atoms. The Balaban J connectivity index is 1.93. The summed E-state index contributed by atoms with van der Waals surface area (Å²) in [7, 11) is 0. The topological polar surface area (TPSA) is 49.4 Å². The Morgan fingerprint density at radius 3 is 2.36 bits per heavy atom. The zero-order chi connectivity index (χ0) is 20.7. The highest BCUT2D eigenvalue weighted by molar-refractivity contribution is 6.03. The number of likely N-dealkylation sites (tertiary alicyclic amines) is 1. The van der Waals surface area contributed by atoms with Gasteiger partial charge in [-0.25, -0.2) is 0 Å². The lowest BCUT2D eigenvalue weighted by Crippen LogP contribution is -2.49. The van der Waals surface area contributed by atoms with Gasteiger partial charge < -0.3 is 4.90 Å². The molecule has 28 heavy (non-hydrogen) atoms. The number of halogens is 3. The van der Waals surface area contributed by atoms with Crippen molar-refractivity contribution in [2.45, 2.75) is 70.0 Å². The summed E-state index contributed by atoms with van der Waals surface area (Å²) in [5, 5.41) is 2.26. The third-order valence-corrected chi connectivity index (χ3v) is 6.30. The van der Waals surface area contributed by atoms with E-state index in [1.54, 1.807) is 19.1 Å². The molecule has 1 aromatic rings. The number of nitrogens with zero attached hydrogens (tertiary/aromatic N) is 1. The number of benzene rings is 1. The summed E-state index contributed by atoms with van der Waals surface area (Å²) in [4.78, 5) is 26.1. The van der Waals surface area contributed by atoms with Crippen LogP contribution in [0, 0.1) is 0 Å². The van der Waals surface area contributed by atoms with E-state index in [1.165, 1.54) is 0 Å². The van der Waals surface area contributed by atoms with Gasteiger partial charge in [0.05, 0.1) is 11.0 Å². The van der Waals surface area contributed by atoms with Crippen LogP contribution in [0.25, 0.3) is 0 Å². The highest BCUT2D eigenvalue weighted by atomic mass is 19.4. The molecular weight excluding hydrogens is 369 g/mol. The molecule has 0 saturated carbocycles. The minimum atomic E-state index is -4.49. The van der Waals surface area contributed by atoms with Gasteiger partial charge in [0, 0.05) is 12.5 Å². The van der Waals surface area contributed by atoms with Crippen molar-refractivity contribution in [3.05, 3.63) is 34.9 Å². The summed E-state index contributed by atoms with van der Waals surface area (Å²) >= 11 is 0. The standard InChI is InChI=1S/C21H27F3N2O2/c1-13(2)26-10-7-14(8-11-26)16-5-4-15(12-17(16)21(22,23)24)20(3)9-6-18(27)25-19(20)28/h4-5,12-14H,6-11H2,1-3H3,(H,25,27,28)/t20-/m0/s1. The van der Waals surface area contributed by atoms with E-state index in [1.807, 2.05) is 0 Å². The van der Waals surface area contributed by atoms with Crippen LogP contribution in [0.4, 0.5) is 13.2 Å². The van der Waals surface area contributed by atoms with Gasteiger partial charge in [-0.15, -0.1) is 0 Å². The Labute approximate surface area is 163 Å². The average Bonchev–Trinajstić information content (AvgIpc) is 2.64. The molecule has 0 aliphatic carbocycles. The number of alkyl halides is 3. The molecular formula is C21H27F3N2O2. The molecule has 4 nitrogen and oxygen atoms in total. The third-order valence-electron chi connectivity index (χ3n) is 6.30. The highest BCUT2D eigenvalue weighted by Crippen LogP contribution is 2.42. The Hall–Kier alpha value is -1.89. The minimum absolute atomic E-state index is 0.124. The van der Waals surface area contributed by atoms with E-state index < -0.39 is 23.1 Å². The van der Waals surface area contributed by atoms with Gasteiger partial charge in [0.25, 0.3) is 0 Å². The first-order chi connectivity index (χ1) is 13.0. The molecule has 2 fully saturated rings. The van der Waals surface area contributed by atoms with Crippen molar-refractivity contribution in [1.82, 2.24) is 10.2 Å². The fraction of sp³-hybridized carbons (Fsp3) is 0.619. The molecule has 2 aliphatic rings. The number of imide groups is 1. The van der Waals surface area contributed by atoms with Crippen molar-refractivity contribution in [2.75, 3.05) is 13.1 Å². The van der Waals surface area contributed by atoms with Crippen LogP contribution < -0.4 is 5.32 Å². The fourth-order valence-electron chi connectivity index (χ4n) is 4.31. The summed E-state index contributed by atoms with van der Waals surface area (Å²) < 4.78 is 41.6. The van der Waals surface area contributed by atoms with Crippen molar-refractivity contribution in [3.63, 3.8) is 0 Å². The normalized spacial score (nSPS) is 25.2. The summed E-state index contributed by atoms with van der Waals surface area (Å²) in [6.45, 7) is 7.35. The molecule has 0 radical (unpaired) electrons. The Bertz CT molecular complexity index is 767. The number of piperidine rings is 2. The third kappa shape index (κ3) is 3.95. The lowest BCUT2D eigenvalue weighted by atomic mass is 9.74. The quantitative estimate of drug-likeness (QED) is 0.786. The fourth-order valence-corrected chi connectivity index (χ4v) is 4.31. The zero-order valence-corrected chi connectivity index (χ0v) is 16.5. The molecule has 154 valence electrons. The predicted octanol–water partition coefficient (Wildman–Crippen LogP) is 3.99. The Morgan fingerprint density at radius 2 is 1.82 bits per heavy atom. The lowest BCUT2D eigenvalue weighted by molar-refractivity contribution is -0.140. The van der Waals surface area contributed by atoms with Crippen molar-refractivity contribution in [2.24, 2.45) is 0 Å². The largest absolute Gasteiger partial charge is 0.416 e. The van der Waals surface area contributed by atoms with E-state index in [-0.39, 0.29) is 24.7 Å². The Morgan fingerprint density at radius 1 is 1.18 bits per heavy atom. The van der Waals surface area contributed by atoms with Crippen molar-refractivity contribution >= 4 is 11.8 Å². The van der Waals surface area contributed by atoms with Gasteiger partial charge in [-0.2, -0.15) is 13.2 Å². The molecule has 3 rings (SSSR count). The first-order valence-electron chi connectivity index (χ1n) is 9.82. The van der Waals surface area contributed by atoms with Gasteiger partial charge in [-0.05, 0) is 76.2 Å². The molecule has 2 aliphatic heterocycles. The molecule has 1 aromatic carbocycles. The molecule has 0 aromatic heterocycles.